The summed E-state index contributed by atoms with van der Waals surface area (Å²) in [5.74, 6) is -0.149. The Labute approximate surface area is 303 Å². The monoisotopic (exact) mass is 663 g/mol. The molecule has 1 aliphatic carbocycles. The Hall–Kier alpha value is -4.44. The molecule has 3 N–H and O–H groups in total. The van der Waals surface area contributed by atoms with Crippen LogP contribution in [0.15, 0.2) is 94.6 Å². The van der Waals surface area contributed by atoms with Gasteiger partial charge in [0.1, 0.15) is 10.1 Å². The number of rotatable bonds is 7. The number of nitrogens with zero attached hydrogens (tertiary/aromatic N) is 4. The summed E-state index contributed by atoms with van der Waals surface area (Å²) in [6.07, 6.45) is 0. The van der Waals surface area contributed by atoms with Crippen molar-refractivity contribution in [1.82, 2.24) is 19.5 Å². The number of ketones is 1. The second-order valence-corrected chi connectivity index (χ2v) is 12.0. The van der Waals surface area contributed by atoms with Crippen LogP contribution in [0.3, 0.4) is 0 Å². The van der Waals surface area contributed by atoms with Gasteiger partial charge in [-0.25, -0.2) is 8.42 Å². The fourth-order valence-corrected chi connectivity index (χ4v) is 6.19. The van der Waals surface area contributed by atoms with Crippen LogP contribution in [0.5, 0.6) is 0 Å². The minimum atomic E-state index is -4.97. The van der Waals surface area contributed by atoms with Crippen LogP contribution in [-0.2, 0) is 17.2 Å². The van der Waals surface area contributed by atoms with Crippen LogP contribution in [0.4, 0.5) is 34.6 Å². The molecule has 0 bridgehead atoms. The average molecular weight is 664 g/mol. The molecule has 16 heteroatoms. The van der Waals surface area contributed by atoms with Crippen LogP contribution < -0.4 is 59.2 Å². The van der Waals surface area contributed by atoms with Gasteiger partial charge in [0.15, 0.2) is 5.78 Å². The van der Waals surface area contributed by atoms with Crippen molar-refractivity contribution < 1.29 is 55.5 Å². The Bertz CT molecular complexity index is 2410. The zero-order valence-corrected chi connectivity index (χ0v) is 27.3. The van der Waals surface area contributed by atoms with E-state index in [1.165, 1.54) is 22.8 Å². The molecule has 0 aliphatic heterocycles. The minimum absolute atomic E-state index is 0. The van der Waals surface area contributed by atoms with Crippen molar-refractivity contribution in [3.8, 4) is 11.1 Å². The number of anilines is 6. The van der Waals surface area contributed by atoms with Crippen LogP contribution in [-0.4, -0.2) is 38.3 Å². The molecule has 0 amide bonds. The summed E-state index contributed by atoms with van der Waals surface area (Å²) in [5, 5.41) is 9.38. The van der Waals surface area contributed by atoms with E-state index in [1.54, 1.807) is 67.7 Å². The van der Waals surface area contributed by atoms with Crippen LogP contribution in [0, 0.1) is 6.07 Å². The van der Waals surface area contributed by atoms with Gasteiger partial charge < -0.3 is 25.1 Å². The molecule has 0 spiro atoms. The van der Waals surface area contributed by atoms with E-state index in [0.717, 1.165) is 6.07 Å². The Morgan fingerprint density at radius 1 is 0.771 bits per heavy atom. The minimum Gasteiger partial charge on any atom is -0.744 e. The van der Waals surface area contributed by atoms with Crippen LogP contribution in [0.25, 0.3) is 22.0 Å². The number of nitrogens with one attached hydrogen (secondary N) is 3. The molecule has 0 saturated heterocycles. The van der Waals surface area contributed by atoms with Gasteiger partial charge in [0, 0.05) is 29.8 Å². The maximum Gasteiger partial charge on any atom is 1.00 e. The first-order valence-corrected chi connectivity index (χ1v) is 15.4. The third kappa shape index (κ3) is 6.50. The molecule has 0 unspecified atom stereocenters. The summed E-state index contributed by atoms with van der Waals surface area (Å²) in [7, 11) is -3.36. The predicted molar refractivity (Wildman–Crippen MR) is 172 cm³/mol. The molecule has 228 valence electrons. The van der Waals surface area contributed by atoms with Gasteiger partial charge in [0.2, 0.25) is 17.2 Å². The summed E-state index contributed by atoms with van der Waals surface area (Å²) in [6, 6.07) is 25.4. The van der Waals surface area contributed by atoms with Gasteiger partial charge in [-0.1, -0.05) is 30.0 Å². The number of aryl methyl sites for hydroxylation is 1. The normalized spacial score (nSPS) is 11.6. The van der Waals surface area contributed by atoms with E-state index in [2.05, 4.69) is 37.0 Å². The molecule has 2 heterocycles. The summed E-state index contributed by atoms with van der Waals surface area (Å²) in [6.45, 7) is 0. The third-order valence-corrected chi connectivity index (χ3v) is 8.52. The van der Waals surface area contributed by atoms with E-state index in [9.17, 15) is 22.6 Å². The SMILES string of the molecule is Cn1c(=O)cc2c3c(c(Nc4cc(Nc5nc(Cl)nc(Nc6cc[c-]cc6)n5)ccc4S(=O)(=O)[O-])ccc31)C(=O)c1ccccc1-2.[Li+].[Li+]. The standard InChI is InChI=1S/C32H21ClN7O5S.2Li/c1-40-24-13-12-22(28-27(24)21(16-26(40)41)19-9-5-6-10-20(19)29(28)42)36-23-15-18(11-14-25(23)46(43,44)45)35-32-38-30(33)37-31(39-32)34-17-7-3-2-4-8-17;;/h3-16,36H,1H3,(H,43,44,45)(H2,34,35,37,38,39);;/q-1;2*+1/p-1. The summed E-state index contributed by atoms with van der Waals surface area (Å²) < 4.78 is 38.4. The smallest absolute Gasteiger partial charge is 0.744 e. The molecule has 48 heavy (non-hydrogen) atoms. The summed E-state index contributed by atoms with van der Waals surface area (Å²) >= 11 is 6.14. The van der Waals surface area contributed by atoms with Crippen molar-refractivity contribution in [2.24, 2.45) is 7.05 Å². The molecule has 0 fully saturated rings. The van der Waals surface area contributed by atoms with Gasteiger partial charge in [-0.2, -0.15) is 33.2 Å². The van der Waals surface area contributed by atoms with Gasteiger partial charge >= 0.3 is 37.7 Å². The Morgan fingerprint density at radius 3 is 2.12 bits per heavy atom. The Kier molecular flexibility index (Phi) is 9.88. The van der Waals surface area contributed by atoms with E-state index in [-0.39, 0.29) is 83.2 Å². The van der Waals surface area contributed by atoms with E-state index in [1.807, 2.05) is 0 Å². The Balaban J connectivity index is 0.00000225. The van der Waals surface area contributed by atoms with Gasteiger partial charge in [0.25, 0.3) is 5.56 Å². The second kappa shape index (κ2) is 13.6. The molecule has 1 aliphatic rings. The topological polar surface area (TPSA) is 171 Å². The van der Waals surface area contributed by atoms with Crippen molar-refractivity contribution in [2.45, 2.75) is 4.90 Å². The quantitative estimate of drug-likeness (QED) is 0.114. The number of halogens is 1. The molecule has 12 nitrogen and oxygen atoms in total. The van der Waals surface area contributed by atoms with Gasteiger partial charge in [-0.15, -0.1) is 12.1 Å². The fraction of sp³-hybridized carbons (Fsp3) is 0.0312. The first kappa shape index (κ1) is 34.9. The molecular weight excluding hydrogens is 644 g/mol. The number of hydrogen-bond donors (Lipinski definition) is 3. The van der Waals surface area contributed by atoms with Crippen molar-refractivity contribution >= 4 is 73.1 Å². The molecule has 6 aromatic rings. The number of hydrogen-bond acceptors (Lipinski definition) is 11. The fourth-order valence-electron chi connectivity index (χ4n) is 5.42. The predicted octanol–water partition coefficient (Wildman–Crippen LogP) is -0.469. The average Bonchev–Trinajstić information content (AvgIpc) is 3.02. The van der Waals surface area contributed by atoms with Crippen molar-refractivity contribution in [3.05, 3.63) is 118 Å². The first-order valence-electron chi connectivity index (χ1n) is 13.7. The number of carbonyl (C=O) groups excluding carboxylic acids is 1. The summed E-state index contributed by atoms with van der Waals surface area (Å²) in [5.41, 5.74) is 3.18. The Morgan fingerprint density at radius 2 is 1.44 bits per heavy atom. The summed E-state index contributed by atoms with van der Waals surface area (Å²) in [4.78, 5) is 38.7. The maximum absolute atomic E-state index is 13.9. The van der Waals surface area contributed by atoms with Gasteiger partial charge in [-0.3, -0.25) is 9.59 Å². The molecule has 0 atom stereocenters. The van der Waals surface area contributed by atoms with E-state index in [4.69, 9.17) is 11.6 Å². The van der Waals surface area contributed by atoms with Crippen LogP contribution >= 0.6 is 11.6 Å². The zero-order chi connectivity index (χ0) is 32.2. The van der Waals surface area contributed by atoms with E-state index < -0.39 is 15.0 Å². The van der Waals surface area contributed by atoms with Gasteiger partial charge in [-0.05, 0) is 53.1 Å². The number of fused-ring (bicyclic) bond motifs is 2. The number of carbonyl (C=O) groups is 1. The molecule has 2 aromatic heterocycles. The van der Waals surface area contributed by atoms with Gasteiger partial charge in [0.05, 0.1) is 27.4 Å². The van der Waals surface area contributed by atoms with Crippen molar-refractivity contribution in [2.75, 3.05) is 16.0 Å². The van der Waals surface area contributed by atoms with Crippen LogP contribution in [0.2, 0.25) is 5.28 Å². The van der Waals surface area contributed by atoms with Crippen LogP contribution in [0.1, 0.15) is 15.9 Å². The number of aromatic nitrogens is 4. The first-order chi connectivity index (χ1) is 22.1. The molecular formula is C32H20ClLi2N7O5S. The third-order valence-electron chi connectivity index (χ3n) is 7.46. The van der Waals surface area contributed by atoms with E-state index in [0.29, 0.717) is 39.0 Å². The van der Waals surface area contributed by atoms with Crippen molar-refractivity contribution in [1.29, 1.82) is 0 Å². The second-order valence-electron chi connectivity index (χ2n) is 10.3. The number of pyridine rings is 1. The molecule has 4 aromatic carbocycles. The molecule has 7 rings (SSSR count). The number of benzene rings is 4. The molecule has 0 saturated carbocycles. The van der Waals surface area contributed by atoms with E-state index >= 15 is 0 Å². The largest absolute Gasteiger partial charge is 1.00 e. The maximum atomic E-state index is 13.9. The molecule has 0 radical (unpaired) electrons. The zero-order valence-electron chi connectivity index (χ0n) is 25.7. The van der Waals surface area contributed by atoms with Crippen molar-refractivity contribution in [3.63, 3.8) is 0 Å².